The molecule has 1 aromatic carbocycles. The van der Waals surface area contributed by atoms with Crippen LogP contribution in [0, 0.1) is 0 Å². The van der Waals surface area contributed by atoms with E-state index in [0.717, 1.165) is 17.8 Å². The Morgan fingerprint density at radius 1 is 1.45 bits per heavy atom. The van der Waals surface area contributed by atoms with E-state index in [4.69, 9.17) is 16.0 Å². The molecule has 1 fully saturated rings. The summed E-state index contributed by atoms with van der Waals surface area (Å²) < 4.78 is 5.48. The van der Waals surface area contributed by atoms with Crippen LogP contribution in [0.4, 0.5) is 0 Å². The topological polar surface area (TPSA) is 58.4 Å². The first-order valence-corrected chi connectivity index (χ1v) is 6.78. The van der Waals surface area contributed by atoms with Gasteiger partial charge in [0, 0.05) is 30.2 Å². The molecule has 0 bridgehead atoms. The van der Waals surface area contributed by atoms with Crippen LogP contribution >= 0.6 is 11.6 Å². The first-order chi connectivity index (χ1) is 9.70. The second kappa shape index (κ2) is 5.64. The van der Waals surface area contributed by atoms with Gasteiger partial charge in [-0.05, 0) is 18.2 Å². The van der Waals surface area contributed by atoms with Gasteiger partial charge in [-0.25, -0.2) is 4.98 Å². The number of oxazole rings is 1. The van der Waals surface area contributed by atoms with Crippen LogP contribution in [0.5, 0.6) is 0 Å². The standard InChI is InChI=1S/C14H14ClN3O2/c15-11-3-1-2-10(6-11)14-17-12(9-20-14)7-18-5-4-16-13(19)8-18/h1-3,6,9H,4-5,7-8H2,(H,16,19). The van der Waals surface area contributed by atoms with Crippen LogP contribution in [0.25, 0.3) is 11.5 Å². The first kappa shape index (κ1) is 13.1. The van der Waals surface area contributed by atoms with E-state index in [-0.39, 0.29) is 5.91 Å². The molecule has 1 aliphatic heterocycles. The summed E-state index contributed by atoms with van der Waals surface area (Å²) in [6, 6.07) is 7.37. The van der Waals surface area contributed by atoms with Crippen molar-refractivity contribution < 1.29 is 9.21 Å². The summed E-state index contributed by atoms with van der Waals surface area (Å²) in [6.45, 7) is 2.51. The number of carbonyl (C=O) groups is 1. The second-order valence-corrected chi connectivity index (χ2v) is 5.15. The van der Waals surface area contributed by atoms with Crippen LogP contribution in [0.15, 0.2) is 34.9 Å². The van der Waals surface area contributed by atoms with Gasteiger partial charge in [0.15, 0.2) is 0 Å². The molecule has 0 saturated carbocycles. The Morgan fingerprint density at radius 2 is 2.35 bits per heavy atom. The minimum atomic E-state index is 0.0507. The van der Waals surface area contributed by atoms with E-state index in [1.54, 1.807) is 12.3 Å². The van der Waals surface area contributed by atoms with Crippen molar-refractivity contribution in [3.8, 4) is 11.5 Å². The number of piperazine rings is 1. The van der Waals surface area contributed by atoms with Crippen LogP contribution in [0.3, 0.4) is 0 Å². The average molecular weight is 292 g/mol. The quantitative estimate of drug-likeness (QED) is 0.939. The van der Waals surface area contributed by atoms with Crippen LogP contribution < -0.4 is 5.32 Å². The molecule has 0 radical (unpaired) electrons. The zero-order chi connectivity index (χ0) is 13.9. The molecule has 3 rings (SSSR count). The molecule has 104 valence electrons. The van der Waals surface area contributed by atoms with Crippen molar-refractivity contribution in [1.29, 1.82) is 0 Å². The highest BCUT2D eigenvalue weighted by Gasteiger charge is 2.17. The van der Waals surface area contributed by atoms with E-state index in [9.17, 15) is 4.79 Å². The normalized spacial score (nSPS) is 16.1. The number of nitrogens with one attached hydrogen (secondary N) is 1. The Kier molecular flexibility index (Phi) is 3.71. The van der Waals surface area contributed by atoms with Gasteiger partial charge in [0.2, 0.25) is 11.8 Å². The van der Waals surface area contributed by atoms with Gasteiger partial charge in [0.05, 0.1) is 12.2 Å². The number of hydrogen-bond donors (Lipinski definition) is 1. The van der Waals surface area contributed by atoms with Crippen LogP contribution in [-0.4, -0.2) is 35.4 Å². The molecule has 1 amide bonds. The van der Waals surface area contributed by atoms with Gasteiger partial charge in [-0.1, -0.05) is 17.7 Å². The Labute approximate surface area is 121 Å². The average Bonchev–Trinajstić information content (AvgIpc) is 2.87. The molecule has 2 aromatic rings. The Hall–Kier alpha value is -1.85. The summed E-state index contributed by atoms with van der Waals surface area (Å²) in [5.74, 6) is 0.596. The first-order valence-electron chi connectivity index (χ1n) is 6.40. The van der Waals surface area contributed by atoms with Crippen LogP contribution in [-0.2, 0) is 11.3 Å². The van der Waals surface area contributed by atoms with Crippen molar-refractivity contribution in [2.45, 2.75) is 6.54 Å². The van der Waals surface area contributed by atoms with E-state index < -0.39 is 0 Å². The summed E-state index contributed by atoms with van der Waals surface area (Å²) in [4.78, 5) is 17.8. The van der Waals surface area contributed by atoms with E-state index in [1.165, 1.54) is 0 Å². The van der Waals surface area contributed by atoms with Gasteiger partial charge in [-0.15, -0.1) is 0 Å². The molecule has 0 spiro atoms. The summed E-state index contributed by atoms with van der Waals surface area (Å²) in [7, 11) is 0. The molecule has 0 atom stereocenters. The lowest BCUT2D eigenvalue weighted by Crippen LogP contribution is -2.47. The van der Waals surface area contributed by atoms with Crippen molar-refractivity contribution in [2.24, 2.45) is 0 Å². The third kappa shape index (κ3) is 3.00. The third-order valence-corrected chi connectivity index (χ3v) is 3.36. The lowest BCUT2D eigenvalue weighted by atomic mass is 10.2. The second-order valence-electron chi connectivity index (χ2n) is 4.71. The summed E-state index contributed by atoms with van der Waals surface area (Å²) in [5, 5.41) is 3.44. The van der Waals surface area contributed by atoms with E-state index >= 15 is 0 Å². The number of amides is 1. The Balaban J connectivity index is 1.72. The van der Waals surface area contributed by atoms with Crippen molar-refractivity contribution in [2.75, 3.05) is 19.6 Å². The smallest absolute Gasteiger partial charge is 0.234 e. The van der Waals surface area contributed by atoms with E-state index in [2.05, 4.69) is 10.3 Å². The molecule has 1 aromatic heterocycles. The summed E-state index contributed by atoms with van der Waals surface area (Å²) >= 11 is 5.95. The van der Waals surface area contributed by atoms with E-state index in [1.807, 2.05) is 23.1 Å². The number of aromatic nitrogens is 1. The van der Waals surface area contributed by atoms with Gasteiger partial charge in [-0.3, -0.25) is 9.69 Å². The van der Waals surface area contributed by atoms with Gasteiger partial charge >= 0.3 is 0 Å². The van der Waals surface area contributed by atoms with Crippen LogP contribution in [0.2, 0.25) is 5.02 Å². The predicted octanol–water partition coefficient (Wildman–Crippen LogP) is 1.93. The lowest BCUT2D eigenvalue weighted by molar-refractivity contribution is -0.124. The highest BCUT2D eigenvalue weighted by Crippen LogP contribution is 2.22. The Bertz CT molecular complexity index is 626. The lowest BCUT2D eigenvalue weighted by Gasteiger charge is -2.25. The molecular formula is C14H14ClN3O2. The van der Waals surface area contributed by atoms with Gasteiger partial charge in [0.1, 0.15) is 6.26 Å². The zero-order valence-electron chi connectivity index (χ0n) is 10.8. The molecule has 0 unspecified atom stereocenters. The zero-order valence-corrected chi connectivity index (χ0v) is 11.6. The fraction of sp³-hybridized carbons (Fsp3) is 0.286. The maximum atomic E-state index is 11.3. The summed E-state index contributed by atoms with van der Waals surface area (Å²) in [6.07, 6.45) is 1.63. The number of rotatable bonds is 3. The highest BCUT2D eigenvalue weighted by molar-refractivity contribution is 6.30. The largest absolute Gasteiger partial charge is 0.444 e. The molecule has 0 aliphatic carbocycles. The number of hydrogen-bond acceptors (Lipinski definition) is 4. The fourth-order valence-corrected chi connectivity index (χ4v) is 2.38. The van der Waals surface area contributed by atoms with Crippen molar-refractivity contribution >= 4 is 17.5 Å². The maximum Gasteiger partial charge on any atom is 0.234 e. The number of nitrogens with zero attached hydrogens (tertiary/aromatic N) is 2. The fourth-order valence-electron chi connectivity index (χ4n) is 2.19. The summed E-state index contributed by atoms with van der Waals surface area (Å²) in [5.41, 5.74) is 1.66. The molecular weight excluding hydrogens is 278 g/mol. The van der Waals surface area contributed by atoms with Gasteiger partial charge in [0.25, 0.3) is 0 Å². The molecule has 6 heteroatoms. The number of carbonyl (C=O) groups excluding carboxylic acids is 1. The number of benzene rings is 1. The molecule has 2 heterocycles. The SMILES string of the molecule is O=C1CN(Cc2coc(-c3cccc(Cl)c3)n2)CCN1. The van der Waals surface area contributed by atoms with E-state index in [0.29, 0.717) is 30.5 Å². The maximum absolute atomic E-state index is 11.3. The number of halogens is 1. The molecule has 1 saturated heterocycles. The van der Waals surface area contributed by atoms with Crippen molar-refractivity contribution in [1.82, 2.24) is 15.2 Å². The minimum Gasteiger partial charge on any atom is -0.444 e. The highest BCUT2D eigenvalue weighted by atomic mass is 35.5. The predicted molar refractivity (Wildman–Crippen MR) is 75.2 cm³/mol. The van der Waals surface area contributed by atoms with Gasteiger partial charge in [-0.2, -0.15) is 0 Å². The van der Waals surface area contributed by atoms with Crippen molar-refractivity contribution in [3.63, 3.8) is 0 Å². The monoisotopic (exact) mass is 291 g/mol. The third-order valence-electron chi connectivity index (χ3n) is 3.13. The molecule has 1 aliphatic rings. The molecule has 5 nitrogen and oxygen atoms in total. The molecule has 1 N–H and O–H groups in total. The van der Waals surface area contributed by atoms with Crippen molar-refractivity contribution in [3.05, 3.63) is 41.2 Å². The Morgan fingerprint density at radius 3 is 3.15 bits per heavy atom. The van der Waals surface area contributed by atoms with Crippen LogP contribution in [0.1, 0.15) is 5.69 Å². The molecule has 20 heavy (non-hydrogen) atoms. The minimum absolute atomic E-state index is 0.0507. The van der Waals surface area contributed by atoms with Gasteiger partial charge < -0.3 is 9.73 Å².